The summed E-state index contributed by atoms with van der Waals surface area (Å²) in [5.41, 5.74) is 1.48. The molecule has 1 saturated heterocycles. The van der Waals surface area contributed by atoms with Gasteiger partial charge in [0.15, 0.2) is 11.5 Å². The number of aliphatic carboxylic acids is 1. The third-order valence-electron chi connectivity index (χ3n) is 9.36. The van der Waals surface area contributed by atoms with Crippen LogP contribution in [0.4, 0.5) is 24.7 Å². The van der Waals surface area contributed by atoms with Crippen molar-refractivity contribution < 1.29 is 66.8 Å². The zero-order valence-corrected chi connectivity index (χ0v) is 31.3. The molecule has 51 heavy (non-hydrogen) atoms. The molecule has 0 spiro atoms. The van der Waals surface area contributed by atoms with Crippen LogP contribution in [0.1, 0.15) is 51.0 Å². The van der Waals surface area contributed by atoms with E-state index in [1.54, 1.807) is 32.5 Å². The summed E-state index contributed by atoms with van der Waals surface area (Å²) in [5, 5.41) is 10.7. The second-order valence-electron chi connectivity index (χ2n) is 12.9. The zero-order valence-electron chi connectivity index (χ0n) is 29.3. The zero-order chi connectivity index (χ0) is 35.5. The van der Waals surface area contributed by atoms with Gasteiger partial charge in [0.05, 0.1) is 55.7 Å². The molecule has 5 heterocycles. The molecule has 0 amide bonds. The number of piperidine rings is 1. The second-order valence-corrected chi connectivity index (χ2v) is 12.9. The van der Waals surface area contributed by atoms with E-state index in [4.69, 9.17) is 24.2 Å². The van der Waals surface area contributed by atoms with Gasteiger partial charge in [0.1, 0.15) is 22.6 Å². The van der Waals surface area contributed by atoms with Crippen molar-refractivity contribution in [3.63, 3.8) is 0 Å². The minimum absolute atomic E-state index is 0. The predicted molar refractivity (Wildman–Crippen MR) is 177 cm³/mol. The van der Waals surface area contributed by atoms with Gasteiger partial charge in [-0.2, -0.15) is 13.2 Å². The molecule has 1 N–H and O–H groups in total. The summed E-state index contributed by atoms with van der Waals surface area (Å²) >= 11 is 0. The van der Waals surface area contributed by atoms with Gasteiger partial charge < -0.3 is 38.9 Å². The molecule has 4 aromatic heterocycles. The summed E-state index contributed by atoms with van der Waals surface area (Å²) in [5.74, 6) is -0.659. The standard InChI is InChI=1S/C34H41F3N8O5.Na/c1-4-49-32-23(34(35,36)37)13-21(15-40-32)24-14-26(44(2)19-33(20-48-3)9-5-6-10-33)29-31(41-24)43-30(42-29)25-16-39-27(17-38-25)45-11-7-22(8-12-45)50-18-28(46)47;/h13-17,22H,4-12,18-20H2,1-3H3,(H,46,47)(H,41,42,43);/q;+1/p-1. The first kappa shape index (κ1) is 38.7. The van der Waals surface area contributed by atoms with Crippen LogP contribution in [-0.2, 0) is 20.4 Å². The molecule has 0 aromatic carbocycles. The number of carboxylic acid groups (broad SMARTS) is 1. The number of alkyl halides is 3. The molecule has 1 saturated carbocycles. The van der Waals surface area contributed by atoms with Crippen molar-refractivity contribution in [3.8, 4) is 28.7 Å². The fourth-order valence-electron chi connectivity index (χ4n) is 7.00. The minimum atomic E-state index is -4.68. The van der Waals surface area contributed by atoms with Gasteiger partial charge >= 0.3 is 35.7 Å². The van der Waals surface area contributed by atoms with Crippen molar-refractivity contribution in [3.05, 3.63) is 36.3 Å². The molecule has 0 radical (unpaired) electrons. The van der Waals surface area contributed by atoms with Crippen LogP contribution in [0.5, 0.6) is 5.88 Å². The van der Waals surface area contributed by atoms with Gasteiger partial charge in [0.2, 0.25) is 5.88 Å². The number of carbonyl (C=O) groups is 1. The van der Waals surface area contributed by atoms with Crippen LogP contribution in [-0.4, -0.2) is 95.6 Å². The number of fused-ring (bicyclic) bond motifs is 1. The molecule has 0 atom stereocenters. The number of nitrogens with one attached hydrogen (secondary N) is 1. The van der Waals surface area contributed by atoms with Gasteiger partial charge in [-0.25, -0.2) is 24.9 Å². The van der Waals surface area contributed by atoms with E-state index in [2.05, 4.69) is 24.8 Å². The van der Waals surface area contributed by atoms with E-state index in [0.29, 0.717) is 73.3 Å². The van der Waals surface area contributed by atoms with E-state index in [0.717, 1.165) is 31.7 Å². The molecule has 6 rings (SSSR count). The Bertz CT molecular complexity index is 1800. The van der Waals surface area contributed by atoms with E-state index in [1.165, 1.54) is 6.20 Å². The first-order valence-corrected chi connectivity index (χ1v) is 16.7. The normalized spacial score (nSPS) is 16.3. The van der Waals surface area contributed by atoms with E-state index >= 15 is 0 Å². The van der Waals surface area contributed by atoms with Crippen molar-refractivity contribution in [2.24, 2.45) is 5.41 Å². The van der Waals surface area contributed by atoms with E-state index in [9.17, 15) is 23.1 Å². The average Bonchev–Trinajstić information content (AvgIpc) is 3.74. The Kier molecular flexibility index (Phi) is 12.4. The van der Waals surface area contributed by atoms with Crippen LogP contribution in [0.3, 0.4) is 0 Å². The molecule has 1 aliphatic carbocycles. The summed E-state index contributed by atoms with van der Waals surface area (Å²) in [7, 11) is 3.65. The Balaban J connectivity index is 0.00000504. The van der Waals surface area contributed by atoms with Gasteiger partial charge in [-0.05, 0) is 44.7 Å². The topological polar surface area (TPSA) is 155 Å². The van der Waals surface area contributed by atoms with Gasteiger partial charge in [-0.1, -0.05) is 12.8 Å². The van der Waals surface area contributed by atoms with Crippen LogP contribution in [0.2, 0.25) is 0 Å². The average molecular weight is 721 g/mol. The van der Waals surface area contributed by atoms with Crippen molar-refractivity contribution >= 4 is 28.6 Å². The van der Waals surface area contributed by atoms with E-state index in [-0.39, 0.29) is 58.9 Å². The Labute approximate surface area is 315 Å². The van der Waals surface area contributed by atoms with Gasteiger partial charge in [-0.15, -0.1) is 0 Å². The molecular formula is C34H40F3N8NaO5. The number of pyridine rings is 2. The Morgan fingerprint density at radius 1 is 1.08 bits per heavy atom. The minimum Gasteiger partial charge on any atom is -0.548 e. The largest absolute Gasteiger partial charge is 1.00 e. The number of imidazole rings is 1. The molecule has 4 aromatic rings. The smallest absolute Gasteiger partial charge is 0.548 e. The third kappa shape index (κ3) is 8.91. The maximum absolute atomic E-state index is 14.1. The second kappa shape index (κ2) is 16.4. The van der Waals surface area contributed by atoms with Gasteiger partial charge in [0, 0.05) is 51.0 Å². The number of anilines is 2. The van der Waals surface area contributed by atoms with Crippen molar-refractivity contribution in [1.82, 2.24) is 29.9 Å². The summed E-state index contributed by atoms with van der Waals surface area (Å²) in [6.45, 7) is 3.72. The number of hydrogen-bond donors (Lipinski definition) is 1. The molecule has 13 nitrogen and oxygen atoms in total. The Hall–Kier alpha value is -3.57. The van der Waals surface area contributed by atoms with Crippen LogP contribution in [0.15, 0.2) is 30.7 Å². The number of ether oxygens (including phenoxy) is 3. The molecule has 1 aliphatic heterocycles. The Morgan fingerprint density at radius 3 is 2.45 bits per heavy atom. The van der Waals surface area contributed by atoms with Crippen LogP contribution in [0.25, 0.3) is 33.9 Å². The molecule has 17 heteroatoms. The number of hydrogen-bond acceptors (Lipinski definition) is 12. The van der Waals surface area contributed by atoms with Crippen LogP contribution < -0.4 is 49.2 Å². The first-order chi connectivity index (χ1) is 24.0. The summed E-state index contributed by atoms with van der Waals surface area (Å²) in [6.07, 6.45) is 5.24. The quantitative estimate of drug-likeness (QED) is 0.198. The first-order valence-electron chi connectivity index (χ1n) is 16.7. The van der Waals surface area contributed by atoms with Gasteiger partial charge in [-0.3, -0.25) is 0 Å². The fourth-order valence-corrected chi connectivity index (χ4v) is 7.00. The molecule has 2 fully saturated rings. The number of methoxy groups -OCH3 is 1. The molecule has 2 aliphatic rings. The number of rotatable bonds is 13. The van der Waals surface area contributed by atoms with Crippen molar-refractivity contribution in [2.75, 3.05) is 63.4 Å². The summed E-state index contributed by atoms with van der Waals surface area (Å²) in [4.78, 5) is 40.9. The number of carbonyl (C=O) groups excluding carboxylic acids is 1. The van der Waals surface area contributed by atoms with Crippen LogP contribution >= 0.6 is 0 Å². The SMILES string of the molecule is CCOc1ncc(-c2cc(N(C)CC3(COC)CCCC3)c3[nH]c(-c4cnc(N5CCC(OCC(=O)[O-])CC5)cn4)nc3n2)cc1C(F)(F)F.[Na+]. The van der Waals surface area contributed by atoms with E-state index < -0.39 is 30.2 Å². The van der Waals surface area contributed by atoms with Crippen LogP contribution in [0, 0.1) is 5.41 Å². The summed E-state index contributed by atoms with van der Waals surface area (Å²) in [6, 6.07) is 2.77. The summed E-state index contributed by atoms with van der Waals surface area (Å²) < 4.78 is 58.4. The predicted octanol–water partition coefficient (Wildman–Crippen LogP) is 1.28. The Morgan fingerprint density at radius 2 is 1.82 bits per heavy atom. The van der Waals surface area contributed by atoms with Crippen molar-refractivity contribution in [2.45, 2.75) is 57.7 Å². The number of H-pyrrole nitrogens is 1. The third-order valence-corrected chi connectivity index (χ3v) is 9.36. The maximum Gasteiger partial charge on any atom is 1.00 e. The number of aromatic amines is 1. The molecule has 0 unspecified atom stereocenters. The number of aromatic nitrogens is 6. The monoisotopic (exact) mass is 720 g/mol. The maximum atomic E-state index is 14.1. The number of carboxylic acids is 1. The number of halogens is 3. The molecular weight excluding hydrogens is 680 g/mol. The van der Waals surface area contributed by atoms with Gasteiger partial charge in [0.25, 0.3) is 0 Å². The van der Waals surface area contributed by atoms with Crippen molar-refractivity contribution in [1.29, 1.82) is 0 Å². The molecule has 0 bridgehead atoms. The fraction of sp³-hybridized carbons (Fsp3) is 0.529. The van der Waals surface area contributed by atoms with E-state index in [1.807, 2.05) is 11.9 Å². The number of nitrogens with zero attached hydrogens (tertiary/aromatic N) is 7. The molecule has 268 valence electrons.